The average Bonchev–Trinajstić information content (AvgIpc) is 2.99. The fourth-order valence-corrected chi connectivity index (χ4v) is 3.07. The van der Waals surface area contributed by atoms with E-state index < -0.39 is 11.4 Å². The van der Waals surface area contributed by atoms with Gasteiger partial charge in [0, 0.05) is 0 Å². The van der Waals surface area contributed by atoms with Crippen molar-refractivity contribution >= 4 is 5.97 Å². The number of hydrogen-bond donors (Lipinski definition) is 0. The van der Waals surface area contributed by atoms with Crippen LogP contribution in [0.25, 0.3) is 0 Å². The molecule has 0 amide bonds. The van der Waals surface area contributed by atoms with Gasteiger partial charge in [-0.05, 0) is 42.2 Å². The van der Waals surface area contributed by atoms with Crippen molar-refractivity contribution in [2.75, 3.05) is 7.11 Å². The number of carbonyl (C=O) groups excluding carboxylic acids is 1. The quantitative estimate of drug-likeness (QED) is 0.785. The number of aryl methyl sites for hydroxylation is 1. The Morgan fingerprint density at radius 2 is 2.17 bits per heavy atom. The van der Waals surface area contributed by atoms with Crippen LogP contribution in [0.1, 0.15) is 39.2 Å². The van der Waals surface area contributed by atoms with E-state index >= 15 is 0 Å². The fourth-order valence-electron chi connectivity index (χ4n) is 3.07. The van der Waals surface area contributed by atoms with E-state index in [1.165, 1.54) is 13.3 Å². The van der Waals surface area contributed by atoms with E-state index in [1.54, 1.807) is 24.3 Å². The van der Waals surface area contributed by atoms with Gasteiger partial charge in [0.15, 0.2) is 0 Å². The summed E-state index contributed by atoms with van der Waals surface area (Å²) in [5.74, 6) is -0.417. The summed E-state index contributed by atoms with van der Waals surface area (Å²) < 4.78 is 4.73. The van der Waals surface area contributed by atoms with Crippen molar-refractivity contribution in [2.24, 2.45) is 0 Å². The smallest absolute Gasteiger partial charge is 0.337 e. The summed E-state index contributed by atoms with van der Waals surface area (Å²) in [6.45, 7) is 0. The van der Waals surface area contributed by atoms with Gasteiger partial charge < -0.3 is 4.74 Å². The third kappa shape index (κ3) is 2.13. The van der Waals surface area contributed by atoms with Gasteiger partial charge in [-0.1, -0.05) is 6.07 Å². The molecule has 1 heterocycles. The average molecular weight is 304 g/mol. The number of carbonyl (C=O) groups is 1. The Bertz CT molecular complexity index is 879. The molecule has 6 heteroatoms. The predicted molar refractivity (Wildman–Crippen MR) is 79.2 cm³/mol. The second-order valence-corrected chi connectivity index (χ2v) is 5.29. The summed E-state index contributed by atoms with van der Waals surface area (Å²) in [5, 5.41) is 27.0. The molecule has 112 valence electrons. The zero-order valence-electron chi connectivity index (χ0n) is 12.4. The van der Waals surface area contributed by atoms with Gasteiger partial charge in [0.05, 0.1) is 30.5 Å². The Kier molecular flexibility index (Phi) is 3.51. The Hall–Kier alpha value is -3.25. The molecule has 23 heavy (non-hydrogen) atoms. The van der Waals surface area contributed by atoms with E-state index in [-0.39, 0.29) is 0 Å². The highest BCUT2D eigenvalue weighted by molar-refractivity contribution is 5.89. The topological polar surface area (TPSA) is 99.7 Å². The number of aromatic nitrogens is 2. The molecule has 1 aromatic carbocycles. The van der Waals surface area contributed by atoms with Crippen LogP contribution in [-0.4, -0.2) is 23.3 Å². The Morgan fingerprint density at radius 1 is 1.35 bits per heavy atom. The Balaban J connectivity index is 2.18. The Labute approximate surface area is 133 Å². The molecule has 2 aromatic rings. The van der Waals surface area contributed by atoms with Crippen LogP contribution in [0.4, 0.5) is 0 Å². The van der Waals surface area contributed by atoms with Crippen molar-refractivity contribution in [1.82, 2.24) is 10.2 Å². The zero-order valence-corrected chi connectivity index (χ0v) is 12.4. The number of esters is 1. The van der Waals surface area contributed by atoms with Crippen LogP contribution in [0.2, 0.25) is 0 Å². The van der Waals surface area contributed by atoms with Crippen LogP contribution >= 0.6 is 0 Å². The molecule has 0 aliphatic heterocycles. The number of benzene rings is 1. The van der Waals surface area contributed by atoms with Crippen LogP contribution in [0.15, 0.2) is 30.5 Å². The lowest BCUT2D eigenvalue weighted by Gasteiger charge is -2.22. The first-order valence-corrected chi connectivity index (χ1v) is 7.01. The van der Waals surface area contributed by atoms with Gasteiger partial charge in [-0.15, -0.1) is 0 Å². The highest BCUT2D eigenvalue weighted by Gasteiger charge is 2.44. The lowest BCUT2D eigenvalue weighted by atomic mass is 9.78. The lowest BCUT2D eigenvalue weighted by molar-refractivity contribution is 0.0600. The second kappa shape index (κ2) is 5.51. The van der Waals surface area contributed by atoms with E-state index in [0.717, 1.165) is 11.1 Å². The van der Waals surface area contributed by atoms with Gasteiger partial charge in [0.25, 0.3) is 0 Å². The maximum absolute atomic E-state index is 11.7. The molecule has 0 N–H and O–H groups in total. The van der Waals surface area contributed by atoms with Crippen molar-refractivity contribution in [1.29, 1.82) is 10.5 Å². The third-order valence-corrected chi connectivity index (χ3v) is 4.19. The van der Waals surface area contributed by atoms with Gasteiger partial charge in [0.2, 0.25) is 0 Å². The molecule has 3 rings (SSSR count). The normalized spacial score (nSPS) is 18.6. The molecule has 1 unspecified atom stereocenters. The molecule has 1 aliphatic rings. The first kappa shape index (κ1) is 14.7. The minimum absolute atomic E-state index is 0.339. The van der Waals surface area contributed by atoms with Crippen LogP contribution in [0.5, 0.6) is 0 Å². The SMILES string of the molecule is COC(=O)c1ccc2c(c1)CCC2(C#N)c1nnccc1C#N. The summed E-state index contributed by atoms with van der Waals surface area (Å²) in [5.41, 5.74) is 1.80. The van der Waals surface area contributed by atoms with E-state index in [9.17, 15) is 15.3 Å². The molecular formula is C17H12N4O2. The maximum atomic E-state index is 11.7. The number of nitriles is 2. The van der Waals surface area contributed by atoms with Gasteiger partial charge in [0.1, 0.15) is 17.2 Å². The standard InChI is InChI=1S/C17H12N4O2/c1-23-16(22)12-2-3-14-11(8-12)4-6-17(14,10-19)15-13(9-18)5-7-20-21-15/h2-3,5,7-8H,4,6H2,1H3. The van der Waals surface area contributed by atoms with Crippen LogP contribution in [0.3, 0.4) is 0 Å². The molecule has 0 spiro atoms. The van der Waals surface area contributed by atoms with Crippen LogP contribution < -0.4 is 0 Å². The number of rotatable bonds is 2. The molecule has 1 atom stereocenters. The van der Waals surface area contributed by atoms with E-state index in [0.29, 0.717) is 29.7 Å². The molecule has 0 bridgehead atoms. The van der Waals surface area contributed by atoms with Crippen molar-refractivity contribution in [3.05, 3.63) is 58.4 Å². The summed E-state index contributed by atoms with van der Waals surface area (Å²) >= 11 is 0. The van der Waals surface area contributed by atoms with Gasteiger partial charge >= 0.3 is 5.97 Å². The first-order chi connectivity index (χ1) is 11.2. The van der Waals surface area contributed by atoms with Crippen molar-refractivity contribution in [3.63, 3.8) is 0 Å². The largest absolute Gasteiger partial charge is 0.465 e. The molecule has 0 saturated heterocycles. The van der Waals surface area contributed by atoms with E-state index in [1.807, 2.05) is 0 Å². The monoisotopic (exact) mass is 304 g/mol. The van der Waals surface area contributed by atoms with Gasteiger partial charge in [-0.25, -0.2) is 4.79 Å². The number of nitrogens with zero attached hydrogens (tertiary/aromatic N) is 4. The summed E-state index contributed by atoms with van der Waals surface area (Å²) in [6.07, 6.45) is 2.55. The molecule has 0 saturated carbocycles. The van der Waals surface area contributed by atoms with Crippen LogP contribution in [-0.2, 0) is 16.6 Å². The predicted octanol–water partition coefficient (Wildman–Crippen LogP) is 1.89. The molecule has 0 radical (unpaired) electrons. The number of ether oxygens (including phenoxy) is 1. The van der Waals surface area contributed by atoms with Crippen molar-refractivity contribution in [3.8, 4) is 12.1 Å². The minimum Gasteiger partial charge on any atom is -0.465 e. The zero-order chi connectivity index (χ0) is 16.4. The molecule has 6 nitrogen and oxygen atoms in total. The maximum Gasteiger partial charge on any atom is 0.337 e. The van der Waals surface area contributed by atoms with E-state index in [2.05, 4.69) is 22.3 Å². The summed E-state index contributed by atoms with van der Waals surface area (Å²) in [6, 6.07) is 11.1. The number of methoxy groups -OCH3 is 1. The van der Waals surface area contributed by atoms with Crippen LogP contribution in [0, 0.1) is 22.7 Å². The lowest BCUT2D eigenvalue weighted by Crippen LogP contribution is -2.26. The summed E-state index contributed by atoms with van der Waals surface area (Å²) in [4.78, 5) is 11.7. The molecule has 1 aromatic heterocycles. The highest BCUT2D eigenvalue weighted by atomic mass is 16.5. The van der Waals surface area contributed by atoms with Crippen molar-refractivity contribution in [2.45, 2.75) is 18.3 Å². The number of hydrogen-bond acceptors (Lipinski definition) is 6. The Morgan fingerprint density at radius 3 is 2.87 bits per heavy atom. The fraction of sp³-hybridized carbons (Fsp3) is 0.235. The number of fused-ring (bicyclic) bond motifs is 1. The summed E-state index contributed by atoms with van der Waals surface area (Å²) in [7, 11) is 1.33. The molecule has 0 fully saturated rings. The first-order valence-electron chi connectivity index (χ1n) is 7.01. The van der Waals surface area contributed by atoms with Gasteiger partial charge in [-0.2, -0.15) is 20.7 Å². The minimum atomic E-state index is -1.01. The highest BCUT2D eigenvalue weighted by Crippen LogP contribution is 2.44. The van der Waals surface area contributed by atoms with Gasteiger partial charge in [-0.3, -0.25) is 0 Å². The van der Waals surface area contributed by atoms with E-state index in [4.69, 9.17) is 4.74 Å². The third-order valence-electron chi connectivity index (χ3n) is 4.19. The molecular weight excluding hydrogens is 292 g/mol. The molecule has 1 aliphatic carbocycles. The van der Waals surface area contributed by atoms with Crippen molar-refractivity contribution < 1.29 is 9.53 Å². The second-order valence-electron chi connectivity index (χ2n) is 5.29.